The van der Waals surface area contributed by atoms with Crippen LogP contribution >= 0.6 is 0 Å². The first-order valence-electron chi connectivity index (χ1n) is 4.99. The van der Waals surface area contributed by atoms with Gasteiger partial charge in [0.05, 0.1) is 0 Å². The molecule has 0 bridgehead atoms. The molecule has 1 saturated carbocycles. The van der Waals surface area contributed by atoms with Crippen LogP contribution in [0.5, 0.6) is 0 Å². The zero-order valence-electron chi connectivity index (χ0n) is 8.18. The average molecular weight is 185 g/mol. The van der Waals surface area contributed by atoms with E-state index in [1.807, 2.05) is 6.92 Å². The highest BCUT2D eigenvalue weighted by atomic mass is 16.2. The number of urea groups is 1. The zero-order valence-corrected chi connectivity index (χ0v) is 8.18. The van der Waals surface area contributed by atoms with E-state index in [-0.39, 0.29) is 6.03 Å². The number of rotatable bonds is 3. The van der Waals surface area contributed by atoms with Crippen LogP contribution in [0.3, 0.4) is 0 Å². The van der Waals surface area contributed by atoms with E-state index in [9.17, 15) is 4.79 Å². The molecule has 2 amide bonds. The first kappa shape index (κ1) is 10.3. The van der Waals surface area contributed by atoms with E-state index in [0.717, 1.165) is 25.8 Å². The van der Waals surface area contributed by atoms with Crippen molar-refractivity contribution in [1.29, 1.82) is 0 Å². The quantitative estimate of drug-likeness (QED) is 0.597. The molecular weight excluding hydrogens is 166 g/mol. The van der Waals surface area contributed by atoms with Crippen LogP contribution in [0.25, 0.3) is 0 Å². The Morgan fingerprint density at radius 3 is 2.77 bits per heavy atom. The molecule has 13 heavy (non-hydrogen) atoms. The van der Waals surface area contributed by atoms with Crippen LogP contribution in [0.4, 0.5) is 4.79 Å². The highest BCUT2D eigenvalue weighted by Crippen LogP contribution is 2.22. The SMILES string of the molecule is CCNC(=O)NCC1CCC(N)C1. The van der Waals surface area contributed by atoms with Crippen LogP contribution in [0, 0.1) is 5.92 Å². The first-order valence-corrected chi connectivity index (χ1v) is 4.99. The van der Waals surface area contributed by atoms with Crippen molar-refractivity contribution in [3.05, 3.63) is 0 Å². The Hall–Kier alpha value is -0.770. The van der Waals surface area contributed by atoms with Crippen LogP contribution in [0.1, 0.15) is 26.2 Å². The maximum atomic E-state index is 11.0. The number of carbonyl (C=O) groups excluding carboxylic acids is 1. The Morgan fingerprint density at radius 2 is 2.23 bits per heavy atom. The van der Waals surface area contributed by atoms with E-state index in [1.54, 1.807) is 0 Å². The van der Waals surface area contributed by atoms with Gasteiger partial charge in [0.25, 0.3) is 0 Å². The van der Waals surface area contributed by atoms with Gasteiger partial charge in [-0.1, -0.05) is 0 Å². The predicted octanol–water partition coefficient (Wildman–Crippen LogP) is 0.433. The molecule has 1 rings (SSSR count). The van der Waals surface area contributed by atoms with E-state index < -0.39 is 0 Å². The molecule has 0 aromatic rings. The van der Waals surface area contributed by atoms with Gasteiger partial charge in [-0.2, -0.15) is 0 Å². The maximum Gasteiger partial charge on any atom is 0.314 e. The second-order valence-corrected chi connectivity index (χ2v) is 3.68. The lowest BCUT2D eigenvalue weighted by atomic mass is 10.1. The van der Waals surface area contributed by atoms with E-state index in [4.69, 9.17) is 5.73 Å². The van der Waals surface area contributed by atoms with Crippen LogP contribution in [-0.2, 0) is 0 Å². The minimum atomic E-state index is -0.0667. The summed E-state index contributed by atoms with van der Waals surface area (Å²) < 4.78 is 0. The van der Waals surface area contributed by atoms with Crippen LogP contribution < -0.4 is 16.4 Å². The third kappa shape index (κ3) is 3.63. The molecule has 4 nitrogen and oxygen atoms in total. The largest absolute Gasteiger partial charge is 0.338 e. The monoisotopic (exact) mass is 185 g/mol. The summed E-state index contributed by atoms with van der Waals surface area (Å²) in [6.07, 6.45) is 3.29. The molecule has 1 aliphatic carbocycles. The van der Waals surface area contributed by atoms with Gasteiger partial charge >= 0.3 is 6.03 Å². The van der Waals surface area contributed by atoms with Gasteiger partial charge in [0, 0.05) is 19.1 Å². The fourth-order valence-electron chi connectivity index (χ4n) is 1.76. The molecular formula is C9H19N3O. The second kappa shape index (κ2) is 5.07. The summed E-state index contributed by atoms with van der Waals surface area (Å²) in [5.41, 5.74) is 5.76. The van der Waals surface area contributed by atoms with Gasteiger partial charge in [-0.15, -0.1) is 0 Å². The molecule has 2 atom stereocenters. The Balaban J connectivity index is 2.09. The molecule has 0 saturated heterocycles. The number of nitrogens with two attached hydrogens (primary N) is 1. The van der Waals surface area contributed by atoms with Gasteiger partial charge in [0.2, 0.25) is 0 Å². The summed E-state index contributed by atoms with van der Waals surface area (Å²) in [6, 6.07) is 0.281. The van der Waals surface area contributed by atoms with E-state index >= 15 is 0 Å². The lowest BCUT2D eigenvalue weighted by Crippen LogP contribution is -2.37. The second-order valence-electron chi connectivity index (χ2n) is 3.68. The third-order valence-electron chi connectivity index (χ3n) is 2.47. The highest BCUT2D eigenvalue weighted by molar-refractivity contribution is 5.73. The normalized spacial score (nSPS) is 27.2. The topological polar surface area (TPSA) is 67.2 Å². The number of carbonyl (C=O) groups is 1. The molecule has 0 heterocycles. The molecule has 0 radical (unpaired) electrons. The van der Waals surface area contributed by atoms with Crippen LogP contribution in [0.15, 0.2) is 0 Å². The summed E-state index contributed by atoms with van der Waals surface area (Å²) in [7, 11) is 0. The number of nitrogens with one attached hydrogen (secondary N) is 2. The Kier molecular flexibility index (Phi) is 4.02. The molecule has 0 aliphatic heterocycles. The van der Waals surface area contributed by atoms with Crippen molar-refractivity contribution in [2.75, 3.05) is 13.1 Å². The fraction of sp³-hybridized carbons (Fsp3) is 0.889. The van der Waals surface area contributed by atoms with Gasteiger partial charge in [0.15, 0.2) is 0 Å². The fourth-order valence-corrected chi connectivity index (χ4v) is 1.76. The third-order valence-corrected chi connectivity index (χ3v) is 2.47. The minimum absolute atomic E-state index is 0.0667. The molecule has 76 valence electrons. The molecule has 0 aromatic heterocycles. The highest BCUT2D eigenvalue weighted by Gasteiger charge is 2.21. The first-order chi connectivity index (χ1) is 6.22. The van der Waals surface area contributed by atoms with E-state index in [1.165, 1.54) is 0 Å². The van der Waals surface area contributed by atoms with Crippen molar-refractivity contribution in [1.82, 2.24) is 10.6 Å². The van der Waals surface area contributed by atoms with Crippen molar-refractivity contribution in [2.24, 2.45) is 11.7 Å². The maximum absolute atomic E-state index is 11.0. The van der Waals surface area contributed by atoms with Crippen molar-refractivity contribution >= 4 is 6.03 Å². The smallest absolute Gasteiger partial charge is 0.314 e. The van der Waals surface area contributed by atoms with Gasteiger partial charge < -0.3 is 16.4 Å². The molecule has 1 fully saturated rings. The minimum Gasteiger partial charge on any atom is -0.338 e. The van der Waals surface area contributed by atoms with E-state index in [2.05, 4.69) is 10.6 Å². The molecule has 1 aliphatic rings. The average Bonchev–Trinajstić information content (AvgIpc) is 2.49. The van der Waals surface area contributed by atoms with Crippen LogP contribution in [0.2, 0.25) is 0 Å². The number of hydrogen-bond donors (Lipinski definition) is 3. The molecule has 2 unspecified atom stereocenters. The molecule has 0 spiro atoms. The predicted molar refractivity (Wildman–Crippen MR) is 52.4 cm³/mol. The van der Waals surface area contributed by atoms with E-state index in [0.29, 0.717) is 18.5 Å². The van der Waals surface area contributed by atoms with Crippen molar-refractivity contribution in [3.8, 4) is 0 Å². The molecule has 4 N–H and O–H groups in total. The lowest BCUT2D eigenvalue weighted by Gasteiger charge is -2.10. The molecule has 4 heteroatoms. The Bertz CT molecular complexity index is 172. The van der Waals surface area contributed by atoms with Crippen LogP contribution in [-0.4, -0.2) is 25.2 Å². The number of hydrogen-bond acceptors (Lipinski definition) is 2. The van der Waals surface area contributed by atoms with Crippen molar-refractivity contribution in [3.63, 3.8) is 0 Å². The Morgan fingerprint density at radius 1 is 1.46 bits per heavy atom. The summed E-state index contributed by atoms with van der Waals surface area (Å²) in [5, 5.41) is 5.54. The van der Waals surface area contributed by atoms with Gasteiger partial charge in [-0.25, -0.2) is 4.79 Å². The van der Waals surface area contributed by atoms with Gasteiger partial charge in [-0.3, -0.25) is 0 Å². The molecule has 0 aromatic carbocycles. The number of amides is 2. The zero-order chi connectivity index (χ0) is 9.68. The summed E-state index contributed by atoms with van der Waals surface area (Å²) in [6.45, 7) is 3.35. The van der Waals surface area contributed by atoms with Crippen molar-refractivity contribution in [2.45, 2.75) is 32.2 Å². The lowest BCUT2D eigenvalue weighted by molar-refractivity contribution is 0.239. The Labute approximate surface area is 79.3 Å². The summed E-state index contributed by atoms with van der Waals surface area (Å²) in [4.78, 5) is 11.0. The van der Waals surface area contributed by atoms with Crippen molar-refractivity contribution < 1.29 is 4.79 Å². The standard InChI is InChI=1S/C9H19N3O/c1-2-11-9(13)12-6-7-3-4-8(10)5-7/h7-8H,2-6,10H2,1H3,(H2,11,12,13). The van der Waals surface area contributed by atoms with Gasteiger partial charge in [-0.05, 0) is 32.1 Å². The van der Waals surface area contributed by atoms with Gasteiger partial charge in [0.1, 0.15) is 0 Å². The summed E-state index contributed by atoms with van der Waals surface area (Å²) in [5.74, 6) is 0.581. The summed E-state index contributed by atoms with van der Waals surface area (Å²) >= 11 is 0.